The van der Waals surface area contributed by atoms with Crippen LogP contribution in [0.15, 0.2) is 12.3 Å². The van der Waals surface area contributed by atoms with Gasteiger partial charge in [0.15, 0.2) is 0 Å². The van der Waals surface area contributed by atoms with Gasteiger partial charge in [-0.1, -0.05) is 11.6 Å². The van der Waals surface area contributed by atoms with Crippen molar-refractivity contribution in [3.05, 3.63) is 22.8 Å². The minimum Gasteiger partial charge on any atom is -0.372 e. The molecule has 0 bridgehead atoms. The van der Waals surface area contributed by atoms with Gasteiger partial charge in [0.05, 0.1) is 17.2 Å². The fraction of sp³-hybridized carbons (Fsp3) is 0.688. The number of hydrogen-bond acceptors (Lipinski definition) is 4. The summed E-state index contributed by atoms with van der Waals surface area (Å²) in [5.74, 6) is 0.979. The van der Waals surface area contributed by atoms with Gasteiger partial charge in [-0.15, -0.1) is 0 Å². The Bertz CT molecular complexity index is 477. The highest BCUT2D eigenvalue weighted by Gasteiger charge is 2.23. The molecule has 2 rings (SSSR count). The lowest BCUT2D eigenvalue weighted by Gasteiger charge is -2.36. The second-order valence-corrected chi connectivity index (χ2v) is 7.31. The molecule has 0 spiro atoms. The molecular weight excluding hydrogens is 286 g/mol. The van der Waals surface area contributed by atoms with Crippen LogP contribution in [0.4, 0.5) is 5.82 Å². The quantitative estimate of drug-likeness (QED) is 0.930. The molecule has 2 atom stereocenters. The monoisotopic (exact) mass is 311 g/mol. The van der Waals surface area contributed by atoms with Crippen LogP contribution < -0.4 is 10.2 Å². The standard InChI is InChI=1S/C16H26ClN3O/c1-11-9-20(10-12(2)21-11)15-6-13(14(17)8-18-15)7-19-16(3,4)5/h6,8,11-12,19H,7,9-10H2,1-5H3. The van der Waals surface area contributed by atoms with Crippen LogP contribution in [0.2, 0.25) is 5.02 Å². The first-order chi connectivity index (χ1) is 9.74. The van der Waals surface area contributed by atoms with E-state index in [1.165, 1.54) is 0 Å². The Morgan fingerprint density at radius 3 is 2.52 bits per heavy atom. The largest absolute Gasteiger partial charge is 0.372 e. The average Bonchev–Trinajstić information content (AvgIpc) is 2.35. The summed E-state index contributed by atoms with van der Waals surface area (Å²) in [5.41, 5.74) is 1.15. The number of anilines is 1. The van der Waals surface area contributed by atoms with E-state index >= 15 is 0 Å². The summed E-state index contributed by atoms with van der Waals surface area (Å²) < 4.78 is 5.78. The molecule has 1 aliphatic heterocycles. The molecule has 0 radical (unpaired) electrons. The summed E-state index contributed by atoms with van der Waals surface area (Å²) in [6.45, 7) is 13.1. The molecule has 1 aromatic rings. The van der Waals surface area contributed by atoms with E-state index in [9.17, 15) is 0 Å². The van der Waals surface area contributed by atoms with Crippen LogP contribution in [-0.2, 0) is 11.3 Å². The Morgan fingerprint density at radius 1 is 1.33 bits per heavy atom. The molecule has 0 amide bonds. The van der Waals surface area contributed by atoms with Crippen LogP contribution in [0.3, 0.4) is 0 Å². The van der Waals surface area contributed by atoms with Crippen LogP contribution >= 0.6 is 11.6 Å². The molecule has 0 aliphatic carbocycles. The predicted molar refractivity (Wildman–Crippen MR) is 88.1 cm³/mol. The number of aromatic nitrogens is 1. The highest BCUT2D eigenvalue weighted by atomic mass is 35.5. The van der Waals surface area contributed by atoms with Gasteiger partial charge in [-0.3, -0.25) is 0 Å². The Morgan fingerprint density at radius 2 is 1.95 bits per heavy atom. The molecule has 1 fully saturated rings. The number of ether oxygens (including phenoxy) is 1. The van der Waals surface area contributed by atoms with E-state index in [2.05, 4.69) is 55.9 Å². The first-order valence-electron chi connectivity index (χ1n) is 7.54. The molecule has 5 heteroatoms. The topological polar surface area (TPSA) is 37.4 Å². The van der Waals surface area contributed by atoms with Gasteiger partial charge in [-0.25, -0.2) is 4.98 Å². The van der Waals surface area contributed by atoms with Gasteiger partial charge in [0.1, 0.15) is 5.82 Å². The highest BCUT2D eigenvalue weighted by Crippen LogP contribution is 2.23. The summed E-state index contributed by atoms with van der Waals surface area (Å²) in [5, 5.41) is 4.18. The van der Waals surface area contributed by atoms with Gasteiger partial charge < -0.3 is 15.0 Å². The molecule has 0 aromatic carbocycles. The number of nitrogens with zero attached hydrogens (tertiary/aromatic N) is 2. The van der Waals surface area contributed by atoms with Crippen LogP contribution in [0, 0.1) is 0 Å². The van der Waals surface area contributed by atoms with E-state index in [4.69, 9.17) is 16.3 Å². The average molecular weight is 312 g/mol. The highest BCUT2D eigenvalue weighted by molar-refractivity contribution is 6.31. The van der Waals surface area contributed by atoms with Crippen molar-refractivity contribution < 1.29 is 4.74 Å². The fourth-order valence-electron chi connectivity index (χ4n) is 2.50. The number of hydrogen-bond donors (Lipinski definition) is 1. The fourth-order valence-corrected chi connectivity index (χ4v) is 2.67. The SMILES string of the molecule is CC1CN(c2cc(CNC(C)(C)C)c(Cl)cn2)CC(C)O1. The van der Waals surface area contributed by atoms with Crippen molar-refractivity contribution in [1.82, 2.24) is 10.3 Å². The Labute approximate surface area is 132 Å². The maximum atomic E-state index is 6.28. The maximum Gasteiger partial charge on any atom is 0.129 e. The zero-order valence-electron chi connectivity index (χ0n) is 13.6. The third kappa shape index (κ3) is 4.83. The third-order valence-electron chi connectivity index (χ3n) is 3.47. The summed E-state index contributed by atoms with van der Waals surface area (Å²) in [6.07, 6.45) is 2.20. The van der Waals surface area contributed by atoms with Crippen molar-refractivity contribution in [3.8, 4) is 0 Å². The second kappa shape index (κ2) is 6.51. The number of pyridine rings is 1. The Balaban J connectivity index is 2.14. The number of nitrogens with one attached hydrogen (secondary N) is 1. The Kier molecular flexibility index (Phi) is 5.12. The lowest BCUT2D eigenvalue weighted by Crippen LogP contribution is -2.45. The van der Waals surface area contributed by atoms with Crippen LogP contribution in [0.1, 0.15) is 40.2 Å². The summed E-state index contributed by atoms with van der Waals surface area (Å²) in [6, 6.07) is 2.09. The van der Waals surface area contributed by atoms with E-state index in [-0.39, 0.29) is 17.7 Å². The van der Waals surface area contributed by atoms with Gasteiger partial charge >= 0.3 is 0 Å². The van der Waals surface area contributed by atoms with E-state index < -0.39 is 0 Å². The van der Waals surface area contributed by atoms with Crippen molar-refractivity contribution in [3.63, 3.8) is 0 Å². The second-order valence-electron chi connectivity index (χ2n) is 6.90. The third-order valence-corrected chi connectivity index (χ3v) is 3.81. The van der Waals surface area contributed by atoms with Crippen molar-refractivity contribution in [2.75, 3.05) is 18.0 Å². The van der Waals surface area contributed by atoms with Crippen LogP contribution in [0.5, 0.6) is 0 Å². The maximum absolute atomic E-state index is 6.28. The van der Waals surface area contributed by atoms with E-state index in [1.807, 2.05) is 0 Å². The molecule has 21 heavy (non-hydrogen) atoms. The molecular formula is C16H26ClN3O. The normalized spacial score (nSPS) is 23.4. The predicted octanol–water partition coefficient (Wildman–Crippen LogP) is 3.24. The van der Waals surface area contributed by atoms with Gasteiger partial charge in [0, 0.05) is 31.4 Å². The molecule has 1 aromatic heterocycles. The number of rotatable bonds is 3. The minimum absolute atomic E-state index is 0.0642. The van der Waals surface area contributed by atoms with E-state index in [0.29, 0.717) is 5.02 Å². The van der Waals surface area contributed by atoms with Crippen molar-refractivity contribution in [2.45, 2.75) is 58.9 Å². The van der Waals surface area contributed by atoms with Gasteiger partial charge in [0.25, 0.3) is 0 Å². The molecule has 4 nitrogen and oxygen atoms in total. The van der Waals surface area contributed by atoms with E-state index in [0.717, 1.165) is 31.0 Å². The Hall–Kier alpha value is -0.840. The van der Waals surface area contributed by atoms with Gasteiger partial charge in [-0.2, -0.15) is 0 Å². The summed E-state index contributed by atoms with van der Waals surface area (Å²) in [7, 11) is 0. The zero-order chi connectivity index (χ0) is 15.6. The molecule has 1 N–H and O–H groups in total. The molecule has 118 valence electrons. The van der Waals surface area contributed by atoms with Crippen LogP contribution in [-0.4, -0.2) is 35.8 Å². The summed E-state index contributed by atoms with van der Waals surface area (Å²) >= 11 is 6.28. The lowest BCUT2D eigenvalue weighted by atomic mass is 10.1. The van der Waals surface area contributed by atoms with Crippen molar-refractivity contribution in [1.29, 1.82) is 0 Å². The zero-order valence-corrected chi connectivity index (χ0v) is 14.4. The number of morpholine rings is 1. The smallest absolute Gasteiger partial charge is 0.129 e. The first kappa shape index (κ1) is 16.5. The molecule has 1 saturated heterocycles. The minimum atomic E-state index is 0.0642. The molecule has 2 unspecified atom stereocenters. The van der Waals surface area contributed by atoms with Crippen molar-refractivity contribution >= 4 is 17.4 Å². The molecule has 0 saturated carbocycles. The lowest BCUT2D eigenvalue weighted by molar-refractivity contribution is -0.00546. The molecule has 2 heterocycles. The van der Waals surface area contributed by atoms with Gasteiger partial charge in [-0.05, 0) is 46.2 Å². The van der Waals surface area contributed by atoms with Gasteiger partial charge in [0.2, 0.25) is 0 Å². The number of halogens is 1. The van der Waals surface area contributed by atoms with Crippen molar-refractivity contribution in [2.24, 2.45) is 0 Å². The van der Waals surface area contributed by atoms with Crippen LogP contribution in [0.25, 0.3) is 0 Å². The van der Waals surface area contributed by atoms with E-state index in [1.54, 1.807) is 6.20 Å². The first-order valence-corrected chi connectivity index (χ1v) is 7.92. The molecule has 1 aliphatic rings. The summed E-state index contributed by atoms with van der Waals surface area (Å²) in [4.78, 5) is 6.76.